The Morgan fingerprint density at radius 3 is 2.69 bits per heavy atom. The lowest BCUT2D eigenvalue weighted by Crippen LogP contribution is -2.54. The van der Waals surface area contributed by atoms with E-state index < -0.39 is 5.60 Å². The Kier molecular flexibility index (Phi) is 4.56. The molecule has 1 heterocycles. The van der Waals surface area contributed by atoms with Crippen molar-refractivity contribution in [2.24, 2.45) is 0 Å². The molecule has 1 fully saturated rings. The van der Waals surface area contributed by atoms with Crippen LogP contribution in [0, 0.1) is 0 Å². The van der Waals surface area contributed by atoms with E-state index in [1.54, 1.807) is 7.11 Å². The van der Waals surface area contributed by atoms with E-state index in [-0.39, 0.29) is 18.2 Å². The molecule has 94 valence electrons. The van der Waals surface area contributed by atoms with E-state index in [4.69, 9.17) is 9.47 Å². The molecule has 0 radical (unpaired) electrons. The number of hydrogen-bond donors (Lipinski definition) is 2. The van der Waals surface area contributed by atoms with Crippen LogP contribution >= 0.6 is 0 Å². The largest absolute Gasteiger partial charge is 0.444 e. The topological polar surface area (TPSA) is 59.6 Å². The van der Waals surface area contributed by atoms with E-state index in [9.17, 15) is 4.79 Å². The maximum Gasteiger partial charge on any atom is 0.407 e. The van der Waals surface area contributed by atoms with Crippen molar-refractivity contribution in [3.8, 4) is 0 Å². The van der Waals surface area contributed by atoms with Gasteiger partial charge in [0, 0.05) is 13.7 Å². The summed E-state index contributed by atoms with van der Waals surface area (Å²) in [7, 11) is 1.65. The molecule has 2 N–H and O–H groups in total. The molecule has 0 bridgehead atoms. The molecule has 16 heavy (non-hydrogen) atoms. The third-order valence-electron chi connectivity index (χ3n) is 2.43. The zero-order valence-corrected chi connectivity index (χ0v) is 10.5. The summed E-state index contributed by atoms with van der Waals surface area (Å²) in [4.78, 5) is 11.6. The van der Waals surface area contributed by atoms with E-state index in [2.05, 4.69) is 10.6 Å². The number of nitrogens with one attached hydrogen (secondary N) is 2. The van der Waals surface area contributed by atoms with Crippen LogP contribution < -0.4 is 10.6 Å². The zero-order valence-electron chi connectivity index (χ0n) is 10.5. The molecule has 0 aromatic carbocycles. The zero-order chi connectivity index (χ0) is 12.2. The molecular formula is C11H22N2O3. The van der Waals surface area contributed by atoms with E-state index >= 15 is 0 Å². The number of amides is 1. The average molecular weight is 230 g/mol. The van der Waals surface area contributed by atoms with Gasteiger partial charge in [-0.2, -0.15) is 0 Å². The number of piperidine rings is 1. The Bertz CT molecular complexity index is 238. The molecule has 1 aliphatic rings. The highest BCUT2D eigenvalue weighted by Gasteiger charge is 2.27. The van der Waals surface area contributed by atoms with Gasteiger partial charge in [-0.3, -0.25) is 0 Å². The van der Waals surface area contributed by atoms with Gasteiger partial charge < -0.3 is 20.1 Å². The fraction of sp³-hybridized carbons (Fsp3) is 0.909. The first-order valence-corrected chi connectivity index (χ1v) is 5.65. The van der Waals surface area contributed by atoms with Gasteiger partial charge in [0.05, 0.1) is 12.1 Å². The summed E-state index contributed by atoms with van der Waals surface area (Å²) in [6, 6.07) is 0.0288. The first-order chi connectivity index (χ1) is 7.42. The van der Waals surface area contributed by atoms with Crippen molar-refractivity contribution in [2.45, 2.75) is 44.9 Å². The summed E-state index contributed by atoms with van der Waals surface area (Å²) < 4.78 is 10.5. The summed E-state index contributed by atoms with van der Waals surface area (Å²) in [6.45, 7) is 7.20. The minimum absolute atomic E-state index is 0.0151. The van der Waals surface area contributed by atoms with Crippen molar-refractivity contribution in [3.63, 3.8) is 0 Å². The molecule has 0 aromatic rings. The third-order valence-corrected chi connectivity index (χ3v) is 2.43. The van der Waals surface area contributed by atoms with Crippen LogP contribution in [-0.2, 0) is 9.47 Å². The van der Waals surface area contributed by atoms with Crippen LogP contribution in [0.4, 0.5) is 4.79 Å². The normalized spacial score (nSPS) is 26.2. The van der Waals surface area contributed by atoms with E-state index in [0.717, 1.165) is 19.5 Å². The van der Waals surface area contributed by atoms with Gasteiger partial charge in [-0.1, -0.05) is 0 Å². The van der Waals surface area contributed by atoms with Crippen molar-refractivity contribution < 1.29 is 14.3 Å². The van der Waals surface area contributed by atoms with Crippen molar-refractivity contribution in [1.82, 2.24) is 10.6 Å². The fourth-order valence-electron chi connectivity index (χ4n) is 1.70. The maximum atomic E-state index is 11.6. The molecule has 0 aliphatic carbocycles. The van der Waals surface area contributed by atoms with Gasteiger partial charge in [0.15, 0.2) is 0 Å². The summed E-state index contributed by atoms with van der Waals surface area (Å²) >= 11 is 0. The molecular weight excluding hydrogens is 208 g/mol. The predicted octanol–water partition coefficient (Wildman–Crippen LogP) is 0.888. The van der Waals surface area contributed by atoms with Crippen LogP contribution in [-0.4, -0.2) is 44.0 Å². The van der Waals surface area contributed by atoms with Gasteiger partial charge in [-0.05, 0) is 33.7 Å². The molecule has 5 heteroatoms. The first-order valence-electron chi connectivity index (χ1n) is 5.65. The highest BCUT2D eigenvalue weighted by Crippen LogP contribution is 2.10. The number of carbonyl (C=O) groups is 1. The molecule has 0 spiro atoms. The number of ether oxygens (including phenoxy) is 2. The number of methoxy groups -OCH3 is 1. The standard InChI is InChI=1S/C11H22N2O3/c1-11(2,3)16-10(14)13-8-5-6-12-7-9(8)15-4/h8-9,12H,5-7H2,1-4H3,(H,13,14)/t8-,9+/m0/s1. The first kappa shape index (κ1) is 13.3. The van der Waals surface area contributed by atoms with E-state index in [1.807, 2.05) is 20.8 Å². The molecule has 0 saturated carbocycles. The molecule has 5 nitrogen and oxygen atoms in total. The minimum Gasteiger partial charge on any atom is -0.444 e. The molecule has 1 aliphatic heterocycles. The van der Waals surface area contributed by atoms with Gasteiger partial charge in [0.25, 0.3) is 0 Å². The minimum atomic E-state index is -0.459. The molecule has 0 unspecified atom stereocenters. The summed E-state index contributed by atoms with van der Waals surface area (Å²) in [5.74, 6) is 0. The van der Waals surface area contributed by atoms with Crippen LogP contribution in [0.2, 0.25) is 0 Å². The van der Waals surface area contributed by atoms with Crippen molar-refractivity contribution in [3.05, 3.63) is 0 Å². The Hall–Kier alpha value is -0.810. The van der Waals surface area contributed by atoms with Crippen molar-refractivity contribution in [1.29, 1.82) is 0 Å². The second-order valence-electron chi connectivity index (χ2n) is 5.02. The number of alkyl carbamates (subject to hydrolysis) is 1. The molecule has 0 aromatic heterocycles. The van der Waals surface area contributed by atoms with Crippen LogP contribution in [0.5, 0.6) is 0 Å². The van der Waals surface area contributed by atoms with Crippen LogP contribution in [0.1, 0.15) is 27.2 Å². The third kappa shape index (κ3) is 4.37. The highest BCUT2D eigenvalue weighted by atomic mass is 16.6. The van der Waals surface area contributed by atoms with E-state index in [0.29, 0.717) is 0 Å². The van der Waals surface area contributed by atoms with Crippen LogP contribution in [0.15, 0.2) is 0 Å². The highest BCUT2D eigenvalue weighted by molar-refractivity contribution is 5.68. The lowest BCUT2D eigenvalue weighted by atomic mass is 10.0. The Morgan fingerprint density at radius 2 is 2.12 bits per heavy atom. The van der Waals surface area contributed by atoms with Gasteiger partial charge in [0.2, 0.25) is 0 Å². The Labute approximate surface area is 96.9 Å². The Morgan fingerprint density at radius 1 is 1.44 bits per heavy atom. The SMILES string of the molecule is CO[C@@H]1CNCC[C@@H]1NC(=O)OC(C)(C)C. The molecule has 1 rings (SSSR count). The van der Waals surface area contributed by atoms with Crippen LogP contribution in [0.3, 0.4) is 0 Å². The smallest absolute Gasteiger partial charge is 0.407 e. The maximum absolute atomic E-state index is 11.6. The lowest BCUT2D eigenvalue weighted by molar-refractivity contribution is 0.0263. The Balaban J connectivity index is 2.42. The number of carbonyl (C=O) groups excluding carboxylic acids is 1. The monoisotopic (exact) mass is 230 g/mol. The average Bonchev–Trinajstić information content (AvgIpc) is 2.15. The quantitative estimate of drug-likeness (QED) is 0.739. The van der Waals surface area contributed by atoms with Gasteiger partial charge in [0.1, 0.15) is 5.60 Å². The van der Waals surface area contributed by atoms with Gasteiger partial charge in [-0.25, -0.2) is 4.79 Å². The summed E-state index contributed by atoms with van der Waals surface area (Å²) in [5.41, 5.74) is -0.459. The summed E-state index contributed by atoms with van der Waals surface area (Å²) in [6.07, 6.45) is 0.500. The number of rotatable bonds is 2. The van der Waals surface area contributed by atoms with Crippen molar-refractivity contribution >= 4 is 6.09 Å². The van der Waals surface area contributed by atoms with Gasteiger partial charge >= 0.3 is 6.09 Å². The molecule has 1 saturated heterocycles. The second-order valence-corrected chi connectivity index (χ2v) is 5.02. The van der Waals surface area contributed by atoms with Crippen LogP contribution in [0.25, 0.3) is 0 Å². The van der Waals surface area contributed by atoms with E-state index in [1.165, 1.54) is 0 Å². The van der Waals surface area contributed by atoms with Gasteiger partial charge in [-0.15, -0.1) is 0 Å². The predicted molar refractivity (Wildman–Crippen MR) is 61.4 cm³/mol. The summed E-state index contributed by atoms with van der Waals surface area (Å²) in [5, 5.41) is 6.07. The molecule has 1 amide bonds. The fourth-order valence-corrected chi connectivity index (χ4v) is 1.70. The second kappa shape index (κ2) is 5.50. The molecule has 2 atom stereocenters. The number of hydrogen-bond acceptors (Lipinski definition) is 4. The lowest BCUT2D eigenvalue weighted by Gasteiger charge is -2.32. The van der Waals surface area contributed by atoms with Crippen molar-refractivity contribution in [2.75, 3.05) is 20.2 Å².